The van der Waals surface area contributed by atoms with Crippen molar-refractivity contribution in [3.8, 4) is 0 Å². The minimum Gasteiger partial charge on any atom is -0.388 e. The van der Waals surface area contributed by atoms with Crippen LogP contribution in [0.1, 0.15) is 30.4 Å². The van der Waals surface area contributed by atoms with Crippen LogP contribution in [0.5, 0.6) is 0 Å². The van der Waals surface area contributed by atoms with Gasteiger partial charge in [-0.3, -0.25) is 4.90 Å². The van der Waals surface area contributed by atoms with Crippen molar-refractivity contribution in [2.75, 3.05) is 39.3 Å². The molecule has 3 N–H and O–H groups in total. The van der Waals surface area contributed by atoms with Gasteiger partial charge in [-0.1, -0.05) is 11.6 Å². The van der Waals surface area contributed by atoms with Gasteiger partial charge < -0.3 is 15.7 Å². The van der Waals surface area contributed by atoms with Gasteiger partial charge in [0, 0.05) is 26.2 Å². The summed E-state index contributed by atoms with van der Waals surface area (Å²) in [6.45, 7) is 7.18. The molecule has 8 heteroatoms. The average molecular weight is 362 g/mol. The van der Waals surface area contributed by atoms with Gasteiger partial charge in [-0.2, -0.15) is 0 Å². The normalized spacial score (nSPS) is 23.1. The first kappa shape index (κ1) is 18.8. The van der Waals surface area contributed by atoms with E-state index < -0.39 is 5.60 Å². The summed E-state index contributed by atoms with van der Waals surface area (Å²) in [7, 11) is 0. The van der Waals surface area contributed by atoms with Gasteiger partial charge in [0.05, 0.1) is 17.3 Å². The summed E-state index contributed by atoms with van der Waals surface area (Å²) in [6, 6.07) is 1.68. The van der Waals surface area contributed by atoms with Gasteiger partial charge in [-0.15, -0.1) is 12.4 Å². The molecule has 3 heterocycles. The van der Waals surface area contributed by atoms with E-state index >= 15 is 0 Å². The number of aliphatic hydroxyl groups is 1. The summed E-state index contributed by atoms with van der Waals surface area (Å²) in [5, 5.41) is 18.4. The number of piperazine rings is 1. The molecule has 2 aliphatic rings. The van der Waals surface area contributed by atoms with Crippen molar-refractivity contribution in [2.24, 2.45) is 0 Å². The van der Waals surface area contributed by atoms with Crippen molar-refractivity contribution in [1.29, 1.82) is 0 Å². The van der Waals surface area contributed by atoms with Gasteiger partial charge in [-0.25, -0.2) is 9.97 Å². The van der Waals surface area contributed by atoms with E-state index in [1.54, 1.807) is 6.07 Å². The third kappa shape index (κ3) is 4.32. The zero-order valence-corrected chi connectivity index (χ0v) is 15.0. The SMILES string of the molecule is Cc1nc(Cl)cc(C(N2CCNCC2)C2(O)CCNCC2)n1.Cl. The van der Waals surface area contributed by atoms with Crippen molar-refractivity contribution in [2.45, 2.75) is 31.4 Å². The van der Waals surface area contributed by atoms with Gasteiger partial charge in [0.2, 0.25) is 0 Å². The molecular weight excluding hydrogens is 337 g/mol. The number of hydrogen-bond donors (Lipinski definition) is 3. The van der Waals surface area contributed by atoms with Crippen LogP contribution < -0.4 is 10.6 Å². The molecule has 2 fully saturated rings. The highest BCUT2D eigenvalue weighted by molar-refractivity contribution is 6.29. The molecule has 1 unspecified atom stereocenters. The molecule has 0 aliphatic carbocycles. The molecule has 0 saturated carbocycles. The number of aromatic nitrogens is 2. The van der Waals surface area contributed by atoms with E-state index in [2.05, 4.69) is 25.5 Å². The van der Waals surface area contributed by atoms with Crippen molar-refractivity contribution in [3.63, 3.8) is 0 Å². The van der Waals surface area contributed by atoms with Gasteiger partial charge >= 0.3 is 0 Å². The van der Waals surface area contributed by atoms with Crippen LogP contribution in [0.3, 0.4) is 0 Å². The molecule has 6 nitrogen and oxygen atoms in total. The second kappa shape index (κ2) is 8.05. The first-order valence-electron chi connectivity index (χ1n) is 7.97. The van der Waals surface area contributed by atoms with E-state index in [-0.39, 0.29) is 18.4 Å². The lowest BCUT2D eigenvalue weighted by atomic mass is 9.82. The summed E-state index contributed by atoms with van der Waals surface area (Å²) < 4.78 is 0. The van der Waals surface area contributed by atoms with Crippen LogP contribution in [0.4, 0.5) is 0 Å². The average Bonchev–Trinajstić information content (AvgIpc) is 2.48. The zero-order chi connectivity index (χ0) is 15.6. The number of halogens is 2. The minimum atomic E-state index is -0.771. The second-order valence-corrected chi connectivity index (χ2v) is 6.59. The summed E-state index contributed by atoms with van der Waals surface area (Å²) in [5.41, 5.74) is 0.0657. The highest BCUT2D eigenvalue weighted by atomic mass is 35.5. The number of piperidine rings is 1. The first-order chi connectivity index (χ1) is 10.6. The Bertz CT molecular complexity index is 498. The molecule has 23 heavy (non-hydrogen) atoms. The summed E-state index contributed by atoms with van der Waals surface area (Å²) >= 11 is 6.14. The molecule has 0 radical (unpaired) electrons. The largest absolute Gasteiger partial charge is 0.388 e. The molecule has 0 bridgehead atoms. The van der Waals surface area contributed by atoms with E-state index in [1.165, 1.54) is 0 Å². The standard InChI is InChI=1S/C15H24ClN5O.ClH/c1-11-19-12(10-13(16)20-11)14(21-8-6-18-7-9-21)15(22)2-4-17-5-3-15;/h10,14,17-18,22H,2-9H2,1H3;1H. The molecule has 2 aliphatic heterocycles. The third-order valence-corrected chi connectivity index (χ3v) is 4.80. The van der Waals surface area contributed by atoms with E-state index in [0.29, 0.717) is 11.0 Å². The van der Waals surface area contributed by atoms with Crippen LogP contribution in [0.15, 0.2) is 6.07 Å². The summed E-state index contributed by atoms with van der Waals surface area (Å²) in [6.07, 6.45) is 1.45. The van der Waals surface area contributed by atoms with Gasteiger partial charge in [0.25, 0.3) is 0 Å². The van der Waals surface area contributed by atoms with E-state index in [0.717, 1.165) is 57.8 Å². The van der Waals surface area contributed by atoms with E-state index in [9.17, 15) is 5.11 Å². The zero-order valence-electron chi connectivity index (χ0n) is 13.4. The fourth-order valence-electron chi connectivity index (χ4n) is 3.57. The Labute approximate surface area is 148 Å². The Kier molecular flexibility index (Phi) is 6.59. The van der Waals surface area contributed by atoms with Crippen molar-refractivity contribution in [3.05, 3.63) is 22.7 Å². The number of nitrogens with one attached hydrogen (secondary N) is 2. The molecule has 1 aromatic heterocycles. The maximum atomic E-state index is 11.3. The maximum Gasteiger partial charge on any atom is 0.133 e. The molecule has 0 aromatic carbocycles. The molecule has 0 spiro atoms. The molecule has 1 atom stereocenters. The van der Waals surface area contributed by atoms with Crippen LogP contribution in [0, 0.1) is 6.92 Å². The molecule has 3 rings (SSSR count). The highest BCUT2D eigenvalue weighted by Gasteiger charge is 2.43. The lowest BCUT2D eigenvalue weighted by Gasteiger charge is -2.46. The molecular formula is C15H25Cl2N5O. The number of rotatable bonds is 3. The van der Waals surface area contributed by atoms with E-state index in [1.807, 2.05) is 6.92 Å². The highest BCUT2D eigenvalue weighted by Crippen LogP contribution is 2.37. The fourth-order valence-corrected chi connectivity index (χ4v) is 3.80. The van der Waals surface area contributed by atoms with E-state index in [4.69, 9.17) is 11.6 Å². The fraction of sp³-hybridized carbons (Fsp3) is 0.733. The first-order valence-corrected chi connectivity index (χ1v) is 8.35. The molecule has 130 valence electrons. The third-order valence-electron chi connectivity index (χ3n) is 4.60. The smallest absolute Gasteiger partial charge is 0.133 e. The van der Waals surface area contributed by atoms with Crippen molar-refractivity contribution >= 4 is 24.0 Å². The van der Waals surface area contributed by atoms with Crippen molar-refractivity contribution in [1.82, 2.24) is 25.5 Å². The number of nitrogens with zero attached hydrogens (tertiary/aromatic N) is 3. The monoisotopic (exact) mass is 361 g/mol. The van der Waals surface area contributed by atoms with Crippen LogP contribution in [0.25, 0.3) is 0 Å². The second-order valence-electron chi connectivity index (χ2n) is 6.20. The van der Waals surface area contributed by atoms with Crippen LogP contribution in [-0.4, -0.2) is 64.8 Å². The van der Waals surface area contributed by atoms with Gasteiger partial charge in [0.15, 0.2) is 0 Å². The van der Waals surface area contributed by atoms with Gasteiger partial charge in [0.1, 0.15) is 11.0 Å². The maximum absolute atomic E-state index is 11.3. The summed E-state index contributed by atoms with van der Waals surface area (Å²) in [4.78, 5) is 11.1. The Morgan fingerprint density at radius 2 is 1.78 bits per heavy atom. The molecule has 0 amide bonds. The Hall–Kier alpha value is -0.500. The summed E-state index contributed by atoms with van der Waals surface area (Å²) in [5.74, 6) is 0.653. The predicted molar refractivity (Wildman–Crippen MR) is 93.3 cm³/mol. The topological polar surface area (TPSA) is 73.3 Å². The predicted octanol–water partition coefficient (Wildman–Crippen LogP) is 0.921. The van der Waals surface area contributed by atoms with Gasteiger partial charge in [-0.05, 0) is 38.9 Å². The Morgan fingerprint density at radius 3 is 2.39 bits per heavy atom. The number of hydrogen-bond acceptors (Lipinski definition) is 6. The number of aryl methyl sites for hydroxylation is 1. The van der Waals surface area contributed by atoms with Crippen LogP contribution in [-0.2, 0) is 0 Å². The minimum absolute atomic E-state index is 0. The molecule has 2 saturated heterocycles. The Balaban J connectivity index is 0.00000192. The molecule has 1 aromatic rings. The lowest BCUT2D eigenvalue weighted by molar-refractivity contribution is -0.0744. The van der Waals surface area contributed by atoms with Crippen LogP contribution >= 0.6 is 24.0 Å². The lowest BCUT2D eigenvalue weighted by Crippen LogP contribution is -2.56. The quantitative estimate of drug-likeness (QED) is 0.695. The van der Waals surface area contributed by atoms with Crippen molar-refractivity contribution < 1.29 is 5.11 Å². The van der Waals surface area contributed by atoms with Crippen LogP contribution in [0.2, 0.25) is 5.15 Å². The Morgan fingerprint density at radius 1 is 1.17 bits per heavy atom.